The Kier molecular flexibility index (Phi) is 4.49. The van der Waals surface area contributed by atoms with Crippen LogP contribution in [0.4, 0.5) is 0 Å². The number of pyridine rings is 1. The van der Waals surface area contributed by atoms with Crippen molar-refractivity contribution in [1.82, 2.24) is 14.8 Å². The second kappa shape index (κ2) is 7.19. The number of aromatic nitrogens is 1. The number of nitrogens with zero attached hydrogens (tertiary/aromatic N) is 2. The van der Waals surface area contributed by atoms with E-state index >= 15 is 0 Å². The van der Waals surface area contributed by atoms with Gasteiger partial charge in [-0.2, -0.15) is 0 Å². The Labute approximate surface area is 173 Å². The predicted molar refractivity (Wildman–Crippen MR) is 108 cm³/mol. The highest BCUT2D eigenvalue weighted by molar-refractivity contribution is 5.95. The Morgan fingerprint density at radius 2 is 2.00 bits per heavy atom. The number of benzene rings is 1. The van der Waals surface area contributed by atoms with E-state index in [9.17, 15) is 14.4 Å². The number of carbonyl (C=O) groups excluding carboxylic acids is 2. The SMILES string of the molecule is CNC(=O)c1c2c(cn(C3CC3)c1=O)CN(C(=O)Cc1ccc3c(c1)OCO3)CC2. The van der Waals surface area contributed by atoms with E-state index in [4.69, 9.17) is 9.47 Å². The van der Waals surface area contributed by atoms with Gasteiger partial charge in [-0.3, -0.25) is 14.4 Å². The van der Waals surface area contributed by atoms with Crippen molar-refractivity contribution < 1.29 is 19.1 Å². The van der Waals surface area contributed by atoms with E-state index in [2.05, 4.69) is 5.32 Å². The predicted octanol–water partition coefficient (Wildman–Crippen LogP) is 1.40. The summed E-state index contributed by atoms with van der Waals surface area (Å²) in [4.78, 5) is 40.0. The molecule has 1 aromatic heterocycles. The fraction of sp³-hybridized carbons (Fsp3) is 0.409. The van der Waals surface area contributed by atoms with E-state index < -0.39 is 0 Å². The minimum absolute atomic E-state index is 0.00480. The molecule has 8 heteroatoms. The van der Waals surface area contributed by atoms with Crippen molar-refractivity contribution in [2.75, 3.05) is 20.4 Å². The summed E-state index contributed by atoms with van der Waals surface area (Å²) >= 11 is 0. The van der Waals surface area contributed by atoms with Gasteiger partial charge in [0.05, 0.1) is 6.42 Å². The summed E-state index contributed by atoms with van der Waals surface area (Å²) in [6.45, 7) is 1.08. The first-order valence-corrected chi connectivity index (χ1v) is 10.2. The van der Waals surface area contributed by atoms with Crippen LogP contribution < -0.4 is 20.3 Å². The maximum Gasteiger partial charge on any atom is 0.263 e. The third-order valence-corrected chi connectivity index (χ3v) is 5.97. The Balaban J connectivity index is 1.40. The van der Waals surface area contributed by atoms with Gasteiger partial charge in [-0.15, -0.1) is 0 Å². The maximum atomic E-state index is 13.0. The topological polar surface area (TPSA) is 89.9 Å². The van der Waals surface area contributed by atoms with Crippen molar-refractivity contribution in [3.63, 3.8) is 0 Å². The van der Waals surface area contributed by atoms with Gasteiger partial charge in [0.15, 0.2) is 11.5 Å². The van der Waals surface area contributed by atoms with Crippen LogP contribution in [0, 0.1) is 0 Å². The molecular formula is C22H23N3O5. The Hall–Kier alpha value is -3.29. The molecular weight excluding hydrogens is 386 g/mol. The molecule has 1 fully saturated rings. The Bertz CT molecular complexity index is 1100. The van der Waals surface area contributed by atoms with E-state index in [-0.39, 0.29) is 42.2 Å². The molecule has 30 heavy (non-hydrogen) atoms. The molecule has 0 atom stereocenters. The third-order valence-electron chi connectivity index (χ3n) is 5.97. The monoisotopic (exact) mass is 409 g/mol. The second-order valence-electron chi connectivity index (χ2n) is 7.96. The summed E-state index contributed by atoms with van der Waals surface area (Å²) in [5, 5.41) is 2.59. The lowest BCUT2D eigenvalue weighted by Crippen LogP contribution is -2.41. The summed E-state index contributed by atoms with van der Waals surface area (Å²) in [6.07, 6.45) is 4.49. The second-order valence-corrected chi connectivity index (χ2v) is 7.96. The normalized spacial score (nSPS) is 16.9. The molecule has 1 N–H and O–H groups in total. The summed E-state index contributed by atoms with van der Waals surface area (Å²) in [5.74, 6) is 1.00. The fourth-order valence-corrected chi connectivity index (χ4v) is 4.21. The van der Waals surface area contributed by atoms with Crippen molar-refractivity contribution in [2.45, 2.75) is 38.3 Å². The molecule has 2 aliphatic heterocycles. The molecule has 1 saturated carbocycles. The van der Waals surface area contributed by atoms with Crippen LogP contribution in [-0.2, 0) is 24.2 Å². The minimum atomic E-state index is -0.355. The van der Waals surface area contributed by atoms with E-state index in [1.165, 1.54) is 7.05 Å². The summed E-state index contributed by atoms with van der Waals surface area (Å²) in [6, 6.07) is 5.69. The smallest absolute Gasteiger partial charge is 0.263 e. The molecule has 5 rings (SSSR count). The molecule has 3 aliphatic rings. The molecule has 0 saturated heterocycles. The van der Waals surface area contributed by atoms with Gasteiger partial charge in [0, 0.05) is 32.4 Å². The van der Waals surface area contributed by atoms with Crippen molar-refractivity contribution in [1.29, 1.82) is 0 Å². The van der Waals surface area contributed by atoms with Crippen LogP contribution in [0.3, 0.4) is 0 Å². The van der Waals surface area contributed by atoms with Crippen LogP contribution in [0.2, 0.25) is 0 Å². The van der Waals surface area contributed by atoms with Crippen LogP contribution in [0.1, 0.15) is 45.9 Å². The number of hydrogen-bond donors (Lipinski definition) is 1. The van der Waals surface area contributed by atoms with Gasteiger partial charge in [-0.25, -0.2) is 0 Å². The van der Waals surface area contributed by atoms with Gasteiger partial charge < -0.3 is 24.3 Å². The van der Waals surface area contributed by atoms with Crippen LogP contribution >= 0.6 is 0 Å². The van der Waals surface area contributed by atoms with Crippen molar-refractivity contribution in [3.05, 3.63) is 57.0 Å². The highest BCUT2D eigenvalue weighted by Crippen LogP contribution is 2.35. The molecule has 0 bridgehead atoms. The third kappa shape index (κ3) is 3.22. The number of fused-ring (bicyclic) bond motifs is 2. The van der Waals surface area contributed by atoms with Crippen molar-refractivity contribution in [2.24, 2.45) is 0 Å². The molecule has 0 radical (unpaired) electrons. The van der Waals surface area contributed by atoms with Crippen LogP contribution in [-0.4, -0.2) is 41.7 Å². The number of nitrogens with one attached hydrogen (secondary N) is 1. The minimum Gasteiger partial charge on any atom is -0.454 e. The zero-order chi connectivity index (χ0) is 20.8. The molecule has 0 unspecified atom stereocenters. The summed E-state index contributed by atoms with van der Waals surface area (Å²) in [5.41, 5.74) is 2.51. The number of carbonyl (C=O) groups is 2. The van der Waals surface area contributed by atoms with Gasteiger partial charge >= 0.3 is 0 Å². The maximum absolute atomic E-state index is 13.0. The average molecular weight is 409 g/mol. The molecule has 1 aromatic carbocycles. The van der Waals surface area contributed by atoms with Gasteiger partial charge in [-0.1, -0.05) is 6.07 Å². The van der Waals surface area contributed by atoms with Crippen molar-refractivity contribution >= 4 is 11.8 Å². The number of ether oxygens (including phenoxy) is 2. The van der Waals surface area contributed by atoms with Gasteiger partial charge in [0.25, 0.3) is 11.5 Å². The average Bonchev–Trinajstić information content (AvgIpc) is 3.49. The quantitative estimate of drug-likeness (QED) is 0.825. The van der Waals surface area contributed by atoms with E-state index in [1.54, 1.807) is 9.47 Å². The zero-order valence-electron chi connectivity index (χ0n) is 16.8. The molecule has 3 heterocycles. The van der Waals surface area contributed by atoms with E-state index in [1.807, 2.05) is 24.4 Å². The van der Waals surface area contributed by atoms with Crippen LogP contribution in [0.5, 0.6) is 11.5 Å². The first-order chi connectivity index (χ1) is 14.5. The van der Waals surface area contributed by atoms with Gasteiger partial charge in [-0.05, 0) is 48.1 Å². The van der Waals surface area contributed by atoms with Crippen LogP contribution in [0.25, 0.3) is 0 Å². The highest BCUT2D eigenvalue weighted by atomic mass is 16.7. The lowest BCUT2D eigenvalue weighted by molar-refractivity contribution is -0.131. The lowest BCUT2D eigenvalue weighted by atomic mass is 9.95. The van der Waals surface area contributed by atoms with E-state index in [0.717, 1.165) is 29.5 Å². The molecule has 156 valence electrons. The summed E-state index contributed by atoms with van der Waals surface area (Å²) < 4.78 is 12.4. The van der Waals surface area contributed by atoms with Crippen LogP contribution in [0.15, 0.2) is 29.2 Å². The van der Waals surface area contributed by atoms with E-state index in [0.29, 0.717) is 31.0 Å². The van der Waals surface area contributed by atoms with Crippen molar-refractivity contribution in [3.8, 4) is 11.5 Å². The fourth-order valence-electron chi connectivity index (χ4n) is 4.21. The van der Waals surface area contributed by atoms with Gasteiger partial charge in [0.1, 0.15) is 5.56 Å². The van der Waals surface area contributed by atoms with Gasteiger partial charge in [0.2, 0.25) is 12.7 Å². The Morgan fingerprint density at radius 1 is 1.20 bits per heavy atom. The number of rotatable bonds is 4. The highest BCUT2D eigenvalue weighted by Gasteiger charge is 2.32. The molecule has 2 aromatic rings. The lowest BCUT2D eigenvalue weighted by Gasteiger charge is -2.30. The first-order valence-electron chi connectivity index (χ1n) is 10.2. The first kappa shape index (κ1) is 18.7. The molecule has 2 amide bonds. The number of amides is 2. The standard InChI is InChI=1S/C22H23N3O5/c1-23-21(27)20-16-6-7-24(10-14(16)11-25(22(20)28)15-3-4-15)19(26)9-13-2-5-17-18(8-13)30-12-29-17/h2,5,8,11,15H,3-4,6-7,9-10,12H2,1H3,(H,23,27). The molecule has 1 aliphatic carbocycles. The Morgan fingerprint density at radius 3 is 2.77 bits per heavy atom. The largest absolute Gasteiger partial charge is 0.454 e. The molecule has 0 spiro atoms. The number of hydrogen-bond acceptors (Lipinski definition) is 5. The molecule has 8 nitrogen and oxygen atoms in total. The summed E-state index contributed by atoms with van der Waals surface area (Å²) in [7, 11) is 1.53. The zero-order valence-corrected chi connectivity index (χ0v) is 16.8.